The van der Waals surface area contributed by atoms with E-state index in [0.29, 0.717) is 16.9 Å². The summed E-state index contributed by atoms with van der Waals surface area (Å²) < 4.78 is 0. The van der Waals surface area contributed by atoms with E-state index in [4.69, 9.17) is 0 Å². The topological polar surface area (TPSA) is 108 Å². The Kier molecular flexibility index (Phi) is 5.16. The summed E-state index contributed by atoms with van der Waals surface area (Å²) in [5.74, 6) is -1.13. The van der Waals surface area contributed by atoms with Crippen molar-refractivity contribution in [2.24, 2.45) is 0 Å². The molecule has 0 aliphatic carbocycles. The fourth-order valence-corrected chi connectivity index (χ4v) is 2.60. The molecule has 27 heavy (non-hydrogen) atoms. The molecule has 5 amide bonds. The van der Waals surface area contributed by atoms with Crippen LogP contribution in [-0.2, 0) is 9.59 Å². The van der Waals surface area contributed by atoms with Gasteiger partial charge >= 0.3 is 6.03 Å². The summed E-state index contributed by atoms with van der Waals surface area (Å²) in [6, 6.07) is 13.3. The number of hydrogen-bond acceptors (Lipinski definition) is 4. The second-order valence-corrected chi connectivity index (χ2v) is 6.11. The highest BCUT2D eigenvalue weighted by Crippen LogP contribution is 2.21. The van der Waals surface area contributed by atoms with Gasteiger partial charge in [-0.05, 0) is 36.8 Å². The van der Waals surface area contributed by atoms with Gasteiger partial charge in [-0.1, -0.05) is 24.3 Å². The number of carbonyl (C=O) groups is 4. The van der Waals surface area contributed by atoms with Crippen molar-refractivity contribution in [3.05, 3.63) is 59.7 Å². The first-order chi connectivity index (χ1) is 12.9. The Balaban J connectivity index is 1.66. The van der Waals surface area contributed by atoms with Gasteiger partial charge < -0.3 is 15.5 Å². The Morgan fingerprint density at radius 2 is 1.81 bits per heavy atom. The van der Waals surface area contributed by atoms with Gasteiger partial charge in [0.2, 0.25) is 11.8 Å². The number of aryl methyl sites for hydroxylation is 1. The number of nitrogens with zero attached hydrogens (tertiary/aromatic N) is 1. The van der Waals surface area contributed by atoms with Crippen LogP contribution < -0.4 is 16.0 Å². The molecule has 0 bridgehead atoms. The highest BCUT2D eigenvalue weighted by molar-refractivity contribution is 6.06. The molecule has 2 aromatic rings. The summed E-state index contributed by atoms with van der Waals surface area (Å²) in [5, 5.41) is 7.59. The van der Waals surface area contributed by atoms with Gasteiger partial charge in [0.1, 0.15) is 13.1 Å². The molecular formula is C19H18N4O4. The number of amides is 5. The van der Waals surface area contributed by atoms with E-state index in [1.807, 2.05) is 13.0 Å². The lowest BCUT2D eigenvalue weighted by Crippen LogP contribution is -2.35. The first kappa shape index (κ1) is 18.1. The third-order valence-corrected chi connectivity index (χ3v) is 4.01. The molecule has 8 nitrogen and oxygen atoms in total. The van der Waals surface area contributed by atoms with E-state index in [9.17, 15) is 19.2 Å². The molecule has 0 aromatic heterocycles. The van der Waals surface area contributed by atoms with Crippen LogP contribution in [0.15, 0.2) is 48.5 Å². The number of imide groups is 1. The first-order valence-corrected chi connectivity index (χ1v) is 8.28. The van der Waals surface area contributed by atoms with E-state index in [1.165, 1.54) is 0 Å². The van der Waals surface area contributed by atoms with Crippen LogP contribution in [0.1, 0.15) is 15.9 Å². The maximum Gasteiger partial charge on any atom is 0.325 e. The number of anilines is 2. The molecule has 1 aliphatic heterocycles. The molecule has 138 valence electrons. The predicted octanol–water partition coefficient (Wildman–Crippen LogP) is 1.74. The minimum Gasteiger partial charge on any atom is -0.324 e. The molecule has 0 spiro atoms. The summed E-state index contributed by atoms with van der Waals surface area (Å²) in [4.78, 5) is 48.3. The average molecular weight is 366 g/mol. The lowest BCUT2D eigenvalue weighted by Gasteiger charge is -2.15. The van der Waals surface area contributed by atoms with Crippen molar-refractivity contribution in [2.75, 3.05) is 23.7 Å². The van der Waals surface area contributed by atoms with Gasteiger partial charge in [-0.25, -0.2) is 4.79 Å². The summed E-state index contributed by atoms with van der Waals surface area (Å²) in [6.07, 6.45) is 0. The van der Waals surface area contributed by atoms with E-state index < -0.39 is 17.8 Å². The summed E-state index contributed by atoms with van der Waals surface area (Å²) in [7, 11) is 0. The van der Waals surface area contributed by atoms with Crippen molar-refractivity contribution in [3.8, 4) is 0 Å². The van der Waals surface area contributed by atoms with Gasteiger partial charge in [-0.3, -0.25) is 19.7 Å². The monoisotopic (exact) mass is 366 g/mol. The SMILES string of the molecule is Cc1ccc(NC(=O)c2ccccc2)cc1NC(=O)CN1CC(=O)NC1=O. The largest absolute Gasteiger partial charge is 0.325 e. The van der Waals surface area contributed by atoms with Gasteiger partial charge in [0.15, 0.2) is 0 Å². The average Bonchev–Trinajstić information content (AvgIpc) is 2.95. The van der Waals surface area contributed by atoms with E-state index in [0.717, 1.165) is 10.5 Å². The quantitative estimate of drug-likeness (QED) is 0.701. The molecule has 1 aliphatic rings. The van der Waals surface area contributed by atoms with Crippen molar-refractivity contribution in [2.45, 2.75) is 6.92 Å². The van der Waals surface area contributed by atoms with Gasteiger partial charge in [-0.2, -0.15) is 0 Å². The maximum absolute atomic E-state index is 12.2. The zero-order chi connectivity index (χ0) is 19.4. The zero-order valence-corrected chi connectivity index (χ0v) is 14.6. The Labute approximate surface area is 155 Å². The molecular weight excluding hydrogens is 348 g/mol. The maximum atomic E-state index is 12.2. The number of benzene rings is 2. The van der Waals surface area contributed by atoms with Crippen LogP contribution in [0.5, 0.6) is 0 Å². The zero-order valence-electron chi connectivity index (χ0n) is 14.6. The lowest BCUT2D eigenvalue weighted by molar-refractivity contribution is -0.119. The number of nitrogens with one attached hydrogen (secondary N) is 3. The molecule has 1 fully saturated rings. The molecule has 3 N–H and O–H groups in total. The Morgan fingerprint density at radius 1 is 1.07 bits per heavy atom. The number of hydrogen-bond donors (Lipinski definition) is 3. The standard InChI is InChI=1S/C19H18N4O4/c1-12-7-8-14(20-18(26)13-5-3-2-4-6-13)9-15(12)21-16(24)10-23-11-17(25)22-19(23)27/h2-9H,10-11H2,1H3,(H,20,26)(H,21,24)(H,22,25,27). The number of rotatable bonds is 5. The van der Waals surface area contributed by atoms with E-state index in [1.54, 1.807) is 42.5 Å². The molecule has 3 rings (SSSR count). The summed E-state index contributed by atoms with van der Waals surface area (Å²) in [5.41, 5.74) is 2.35. The van der Waals surface area contributed by atoms with Crippen molar-refractivity contribution < 1.29 is 19.2 Å². The minimum atomic E-state index is -0.587. The van der Waals surface area contributed by atoms with Crippen LogP contribution in [0, 0.1) is 6.92 Å². The van der Waals surface area contributed by atoms with Crippen LogP contribution in [0.4, 0.5) is 16.2 Å². The molecule has 1 saturated heterocycles. The molecule has 0 radical (unpaired) electrons. The third-order valence-electron chi connectivity index (χ3n) is 4.01. The van der Waals surface area contributed by atoms with Crippen LogP contribution >= 0.6 is 0 Å². The molecule has 8 heteroatoms. The first-order valence-electron chi connectivity index (χ1n) is 8.28. The highest BCUT2D eigenvalue weighted by atomic mass is 16.2. The highest BCUT2D eigenvalue weighted by Gasteiger charge is 2.28. The van der Waals surface area contributed by atoms with Crippen molar-refractivity contribution in [3.63, 3.8) is 0 Å². The van der Waals surface area contributed by atoms with E-state index in [-0.39, 0.29) is 19.0 Å². The van der Waals surface area contributed by atoms with Crippen molar-refractivity contribution in [1.82, 2.24) is 10.2 Å². The smallest absolute Gasteiger partial charge is 0.324 e. The van der Waals surface area contributed by atoms with Crippen molar-refractivity contribution >= 4 is 35.1 Å². The second kappa shape index (κ2) is 7.69. The van der Waals surface area contributed by atoms with E-state index >= 15 is 0 Å². The molecule has 0 unspecified atom stereocenters. The van der Waals surface area contributed by atoms with Gasteiger partial charge in [-0.15, -0.1) is 0 Å². The number of urea groups is 1. The van der Waals surface area contributed by atoms with Gasteiger partial charge in [0.05, 0.1) is 0 Å². The Morgan fingerprint density at radius 3 is 2.48 bits per heavy atom. The Hall–Kier alpha value is -3.68. The summed E-state index contributed by atoms with van der Waals surface area (Å²) >= 11 is 0. The second-order valence-electron chi connectivity index (χ2n) is 6.11. The van der Waals surface area contributed by atoms with E-state index in [2.05, 4.69) is 16.0 Å². The normalized spacial score (nSPS) is 13.3. The van der Waals surface area contributed by atoms with Crippen LogP contribution in [0.3, 0.4) is 0 Å². The Bertz CT molecular complexity index is 911. The lowest BCUT2D eigenvalue weighted by atomic mass is 10.1. The van der Waals surface area contributed by atoms with Gasteiger partial charge in [0.25, 0.3) is 5.91 Å². The summed E-state index contributed by atoms with van der Waals surface area (Å²) in [6.45, 7) is 1.43. The third kappa shape index (κ3) is 4.49. The predicted molar refractivity (Wildman–Crippen MR) is 99.3 cm³/mol. The van der Waals surface area contributed by atoms with Gasteiger partial charge in [0, 0.05) is 16.9 Å². The molecule has 1 heterocycles. The van der Waals surface area contributed by atoms with Crippen LogP contribution in [-0.4, -0.2) is 41.7 Å². The van der Waals surface area contributed by atoms with Crippen LogP contribution in [0.25, 0.3) is 0 Å². The number of carbonyl (C=O) groups excluding carboxylic acids is 4. The fraction of sp³-hybridized carbons (Fsp3) is 0.158. The fourth-order valence-electron chi connectivity index (χ4n) is 2.60. The molecule has 0 atom stereocenters. The van der Waals surface area contributed by atoms with Crippen molar-refractivity contribution in [1.29, 1.82) is 0 Å². The van der Waals surface area contributed by atoms with Crippen LogP contribution in [0.2, 0.25) is 0 Å². The molecule has 2 aromatic carbocycles. The minimum absolute atomic E-state index is 0.140. The molecule has 0 saturated carbocycles.